The lowest BCUT2D eigenvalue weighted by Gasteiger charge is -2.32. The van der Waals surface area contributed by atoms with Gasteiger partial charge in [-0.15, -0.1) is 11.8 Å². The van der Waals surface area contributed by atoms with Crippen molar-refractivity contribution in [3.8, 4) is 0 Å². The zero-order valence-electron chi connectivity index (χ0n) is 11.3. The van der Waals surface area contributed by atoms with Crippen LogP contribution >= 0.6 is 11.8 Å². The van der Waals surface area contributed by atoms with E-state index in [0.29, 0.717) is 6.54 Å². The number of rotatable bonds is 4. The zero-order valence-corrected chi connectivity index (χ0v) is 12.1. The Morgan fingerprint density at radius 2 is 2.11 bits per heavy atom. The predicted molar refractivity (Wildman–Crippen MR) is 75.9 cm³/mol. The highest BCUT2D eigenvalue weighted by atomic mass is 32.2. The first kappa shape index (κ1) is 14.6. The number of likely N-dealkylation sites (N-methyl/N-ethyl adjacent to an activating group) is 1. The summed E-state index contributed by atoms with van der Waals surface area (Å²) in [5, 5.41) is 8.91. The molecule has 2 rings (SSSR count). The second-order valence-electron chi connectivity index (χ2n) is 5.00. The van der Waals surface area contributed by atoms with E-state index in [0.717, 1.165) is 37.6 Å². The molecule has 3 N–H and O–H groups in total. The number of hydrogen-bond donors (Lipinski definition) is 3. The van der Waals surface area contributed by atoms with Crippen LogP contribution in [0, 0.1) is 0 Å². The fourth-order valence-corrected chi connectivity index (χ4v) is 3.32. The molecule has 2 heterocycles. The maximum Gasteiger partial charge on any atom is 0.238 e. The molecular weight excluding hydrogens is 264 g/mol. The van der Waals surface area contributed by atoms with Crippen LogP contribution in [-0.4, -0.2) is 67.1 Å². The number of amides is 2. The summed E-state index contributed by atoms with van der Waals surface area (Å²) in [5.41, 5.74) is 0. The Bertz CT molecular complexity index is 326. The van der Waals surface area contributed by atoms with E-state index in [1.165, 1.54) is 0 Å². The van der Waals surface area contributed by atoms with E-state index in [1.54, 1.807) is 18.8 Å². The summed E-state index contributed by atoms with van der Waals surface area (Å²) in [6.45, 7) is 2.19. The third-order valence-electron chi connectivity index (χ3n) is 3.61. The molecule has 0 aromatic rings. The molecule has 1 atom stereocenters. The van der Waals surface area contributed by atoms with E-state index >= 15 is 0 Å². The van der Waals surface area contributed by atoms with Crippen LogP contribution in [0.2, 0.25) is 0 Å². The van der Waals surface area contributed by atoms with Crippen molar-refractivity contribution in [1.82, 2.24) is 20.9 Å². The Balaban J connectivity index is 1.68. The summed E-state index contributed by atoms with van der Waals surface area (Å²) in [4.78, 5) is 25.4. The molecule has 0 aromatic carbocycles. The Morgan fingerprint density at radius 1 is 1.37 bits per heavy atom. The fraction of sp³-hybridized carbons (Fsp3) is 0.833. The Hall–Kier alpha value is -0.790. The van der Waals surface area contributed by atoms with Gasteiger partial charge in [0.25, 0.3) is 0 Å². The van der Waals surface area contributed by atoms with Gasteiger partial charge in [0.05, 0.1) is 12.6 Å². The van der Waals surface area contributed by atoms with Crippen molar-refractivity contribution in [2.45, 2.75) is 24.9 Å². The van der Waals surface area contributed by atoms with E-state index in [1.807, 2.05) is 0 Å². The van der Waals surface area contributed by atoms with Crippen molar-refractivity contribution in [3.05, 3.63) is 0 Å². The lowest BCUT2D eigenvalue weighted by atomic mass is 10.0. The van der Waals surface area contributed by atoms with Crippen molar-refractivity contribution in [1.29, 1.82) is 0 Å². The molecule has 0 spiro atoms. The lowest BCUT2D eigenvalue weighted by molar-refractivity contribution is -0.124. The van der Waals surface area contributed by atoms with Crippen LogP contribution in [0.15, 0.2) is 0 Å². The minimum Gasteiger partial charge on any atom is -0.358 e. The van der Waals surface area contributed by atoms with E-state index in [2.05, 4.69) is 20.9 Å². The molecule has 19 heavy (non-hydrogen) atoms. The van der Waals surface area contributed by atoms with Gasteiger partial charge in [-0.1, -0.05) is 0 Å². The van der Waals surface area contributed by atoms with E-state index in [4.69, 9.17) is 0 Å². The standard InChI is InChI=1S/C12H22N4O2S/c1-13-11(17)6-16-4-2-9(3-5-16)15-12(18)10-7-19-8-14-10/h9-10,14H,2-8H2,1H3,(H,13,17)(H,15,18). The molecule has 2 aliphatic rings. The SMILES string of the molecule is CNC(=O)CN1CCC(NC(=O)C2CSCN2)CC1. The van der Waals surface area contributed by atoms with Gasteiger partial charge in [0.15, 0.2) is 0 Å². The predicted octanol–water partition coefficient (Wildman–Crippen LogP) is -1.02. The number of nitrogens with zero attached hydrogens (tertiary/aromatic N) is 1. The first-order valence-electron chi connectivity index (χ1n) is 6.73. The van der Waals surface area contributed by atoms with Gasteiger partial charge in [-0.2, -0.15) is 0 Å². The van der Waals surface area contributed by atoms with E-state index in [-0.39, 0.29) is 23.9 Å². The molecule has 0 bridgehead atoms. The molecule has 0 saturated carbocycles. The first-order valence-corrected chi connectivity index (χ1v) is 7.89. The highest BCUT2D eigenvalue weighted by Gasteiger charge is 2.26. The van der Waals surface area contributed by atoms with Crippen molar-refractivity contribution in [2.24, 2.45) is 0 Å². The molecule has 6 nitrogen and oxygen atoms in total. The third-order valence-corrected chi connectivity index (χ3v) is 4.55. The van der Waals surface area contributed by atoms with Crippen molar-refractivity contribution >= 4 is 23.6 Å². The van der Waals surface area contributed by atoms with E-state index in [9.17, 15) is 9.59 Å². The third kappa shape index (κ3) is 4.36. The van der Waals surface area contributed by atoms with Gasteiger partial charge in [0.1, 0.15) is 0 Å². The van der Waals surface area contributed by atoms with Crippen LogP contribution in [0.1, 0.15) is 12.8 Å². The Morgan fingerprint density at radius 3 is 2.68 bits per heavy atom. The molecule has 2 amide bonds. The van der Waals surface area contributed by atoms with Crippen molar-refractivity contribution in [2.75, 3.05) is 38.3 Å². The van der Waals surface area contributed by atoms with Gasteiger partial charge in [0, 0.05) is 37.8 Å². The molecule has 7 heteroatoms. The highest BCUT2D eigenvalue weighted by Crippen LogP contribution is 2.13. The van der Waals surface area contributed by atoms with Gasteiger partial charge < -0.3 is 10.6 Å². The minimum atomic E-state index is -0.0334. The summed E-state index contributed by atoms with van der Waals surface area (Å²) in [6.07, 6.45) is 1.84. The fourth-order valence-electron chi connectivity index (χ4n) is 2.38. The van der Waals surface area contributed by atoms with Crippen molar-refractivity contribution in [3.63, 3.8) is 0 Å². The number of carbonyl (C=O) groups is 2. The Kier molecular flexibility index (Phi) is 5.47. The summed E-state index contributed by atoms with van der Waals surface area (Å²) < 4.78 is 0. The molecular formula is C12H22N4O2S. The molecule has 108 valence electrons. The zero-order chi connectivity index (χ0) is 13.7. The largest absolute Gasteiger partial charge is 0.358 e. The average Bonchev–Trinajstić information content (AvgIpc) is 2.95. The van der Waals surface area contributed by atoms with Crippen LogP contribution in [0.5, 0.6) is 0 Å². The van der Waals surface area contributed by atoms with Crippen LogP contribution in [-0.2, 0) is 9.59 Å². The second kappa shape index (κ2) is 7.12. The van der Waals surface area contributed by atoms with Gasteiger partial charge >= 0.3 is 0 Å². The lowest BCUT2D eigenvalue weighted by Crippen LogP contribution is -2.51. The Labute approximate surface area is 118 Å². The molecule has 0 radical (unpaired) electrons. The summed E-state index contributed by atoms with van der Waals surface area (Å²) >= 11 is 1.76. The molecule has 0 aliphatic carbocycles. The van der Waals surface area contributed by atoms with E-state index < -0.39 is 0 Å². The van der Waals surface area contributed by atoms with Crippen LogP contribution in [0.4, 0.5) is 0 Å². The second-order valence-corrected chi connectivity index (χ2v) is 6.03. The quantitative estimate of drug-likeness (QED) is 0.617. The number of hydrogen-bond acceptors (Lipinski definition) is 5. The minimum absolute atomic E-state index is 0.0334. The van der Waals surface area contributed by atoms with Gasteiger partial charge in [-0.3, -0.25) is 19.8 Å². The average molecular weight is 286 g/mol. The number of likely N-dealkylation sites (tertiary alicyclic amines) is 1. The molecule has 2 aliphatic heterocycles. The maximum atomic E-state index is 12.0. The topological polar surface area (TPSA) is 73.5 Å². The summed E-state index contributed by atoms with van der Waals surface area (Å²) in [5.74, 6) is 1.90. The molecule has 1 unspecified atom stereocenters. The molecule has 0 aromatic heterocycles. The van der Waals surface area contributed by atoms with Crippen LogP contribution < -0.4 is 16.0 Å². The summed E-state index contributed by atoms with van der Waals surface area (Å²) in [6, 6.07) is 0.217. The highest BCUT2D eigenvalue weighted by molar-refractivity contribution is 7.99. The summed E-state index contributed by atoms with van der Waals surface area (Å²) in [7, 11) is 1.65. The normalized spacial score (nSPS) is 25.2. The number of thioether (sulfide) groups is 1. The number of nitrogens with one attached hydrogen (secondary N) is 3. The first-order chi connectivity index (χ1) is 9.19. The van der Waals surface area contributed by atoms with Crippen LogP contribution in [0.3, 0.4) is 0 Å². The van der Waals surface area contributed by atoms with Crippen molar-refractivity contribution < 1.29 is 9.59 Å². The number of piperidine rings is 1. The number of carbonyl (C=O) groups excluding carboxylic acids is 2. The smallest absolute Gasteiger partial charge is 0.238 e. The molecule has 2 saturated heterocycles. The van der Waals surface area contributed by atoms with Gasteiger partial charge in [0.2, 0.25) is 11.8 Å². The van der Waals surface area contributed by atoms with Gasteiger partial charge in [-0.05, 0) is 12.8 Å². The van der Waals surface area contributed by atoms with Gasteiger partial charge in [-0.25, -0.2) is 0 Å². The monoisotopic (exact) mass is 286 g/mol. The molecule has 2 fully saturated rings. The van der Waals surface area contributed by atoms with Crippen LogP contribution in [0.25, 0.3) is 0 Å². The maximum absolute atomic E-state index is 12.0.